The number of nitrogens with zero attached hydrogens (tertiary/aromatic N) is 3. The lowest BCUT2D eigenvalue weighted by Crippen LogP contribution is -2.44. The molecule has 11 heteroatoms. The molecule has 5 nitrogen and oxygen atoms in total. The second kappa shape index (κ2) is 8.05. The molecule has 2 aromatic rings. The number of aliphatic hydroxyl groups excluding tert-OH is 1. The molecule has 0 bridgehead atoms. The predicted molar refractivity (Wildman–Crippen MR) is 94.0 cm³/mol. The summed E-state index contributed by atoms with van der Waals surface area (Å²) in [5, 5.41) is 10.4. The molecule has 0 saturated heterocycles. The molecule has 1 aliphatic rings. The molecule has 3 N–H and O–H groups in total. The van der Waals surface area contributed by atoms with Crippen molar-refractivity contribution in [3.63, 3.8) is 0 Å². The lowest BCUT2D eigenvalue weighted by atomic mass is 10.0. The van der Waals surface area contributed by atoms with Gasteiger partial charge in [0.25, 0.3) is 0 Å². The SMILES string of the molecule is NC(Cc1cc(F)c(Br)cc1F)CC(O)N1CCn2cc(C(F)(F)F)nc2C1. The first-order valence-corrected chi connectivity index (χ1v) is 9.28. The summed E-state index contributed by atoms with van der Waals surface area (Å²) in [6.45, 7) is 0.596. The summed E-state index contributed by atoms with van der Waals surface area (Å²) in [6.07, 6.45) is -4.56. The van der Waals surface area contributed by atoms with Crippen molar-refractivity contribution >= 4 is 15.9 Å². The highest BCUT2D eigenvalue weighted by atomic mass is 79.9. The maximum atomic E-state index is 13.9. The fraction of sp³-hybridized carbons (Fsp3) is 0.471. The van der Waals surface area contributed by atoms with Gasteiger partial charge in [-0.25, -0.2) is 13.8 Å². The maximum absolute atomic E-state index is 13.9. The second-order valence-electron chi connectivity index (χ2n) is 6.74. The van der Waals surface area contributed by atoms with Gasteiger partial charge in [-0.15, -0.1) is 0 Å². The van der Waals surface area contributed by atoms with E-state index in [1.165, 1.54) is 4.57 Å². The van der Waals surface area contributed by atoms with Gasteiger partial charge in [0, 0.05) is 31.7 Å². The first-order chi connectivity index (χ1) is 13.0. The van der Waals surface area contributed by atoms with E-state index in [-0.39, 0.29) is 41.8 Å². The number of alkyl halides is 3. The molecular formula is C17H18BrF5N4O. The Morgan fingerprint density at radius 2 is 1.93 bits per heavy atom. The van der Waals surface area contributed by atoms with Gasteiger partial charge in [0.05, 0.1) is 11.0 Å². The van der Waals surface area contributed by atoms with E-state index in [2.05, 4.69) is 20.9 Å². The Morgan fingerprint density at radius 1 is 1.21 bits per heavy atom. The van der Waals surface area contributed by atoms with E-state index in [0.717, 1.165) is 18.3 Å². The molecule has 0 amide bonds. The molecule has 0 fully saturated rings. The lowest BCUT2D eigenvalue weighted by molar-refractivity contribution is -0.141. The van der Waals surface area contributed by atoms with E-state index in [4.69, 9.17) is 5.73 Å². The number of aromatic nitrogens is 2. The molecule has 0 aliphatic carbocycles. The van der Waals surface area contributed by atoms with Crippen molar-refractivity contribution in [1.82, 2.24) is 14.5 Å². The van der Waals surface area contributed by atoms with Crippen molar-refractivity contribution in [2.75, 3.05) is 6.54 Å². The first-order valence-electron chi connectivity index (χ1n) is 8.49. The van der Waals surface area contributed by atoms with Crippen molar-refractivity contribution in [1.29, 1.82) is 0 Å². The van der Waals surface area contributed by atoms with Gasteiger partial charge in [0.1, 0.15) is 23.7 Å². The smallest absolute Gasteiger partial charge is 0.378 e. The van der Waals surface area contributed by atoms with Crippen LogP contribution in [0.4, 0.5) is 22.0 Å². The number of imidazole rings is 1. The number of hydrogen-bond donors (Lipinski definition) is 2. The molecular weight excluding hydrogens is 451 g/mol. The fourth-order valence-corrected chi connectivity index (χ4v) is 3.48. The van der Waals surface area contributed by atoms with E-state index >= 15 is 0 Å². The Kier molecular flexibility index (Phi) is 6.08. The van der Waals surface area contributed by atoms with E-state index in [0.29, 0.717) is 6.54 Å². The summed E-state index contributed by atoms with van der Waals surface area (Å²) in [4.78, 5) is 5.15. The van der Waals surface area contributed by atoms with E-state index in [9.17, 15) is 27.1 Å². The van der Waals surface area contributed by atoms with Crippen molar-refractivity contribution in [2.45, 2.75) is 44.4 Å². The van der Waals surface area contributed by atoms with Crippen LogP contribution in [0.25, 0.3) is 0 Å². The molecule has 3 rings (SSSR count). The van der Waals surface area contributed by atoms with Gasteiger partial charge in [0.15, 0.2) is 5.69 Å². The predicted octanol–water partition coefficient (Wildman–Crippen LogP) is 3.04. The zero-order chi connectivity index (χ0) is 20.6. The molecule has 0 saturated carbocycles. The highest BCUT2D eigenvalue weighted by Gasteiger charge is 2.36. The number of rotatable bonds is 5. The van der Waals surface area contributed by atoms with Crippen LogP contribution in [0.5, 0.6) is 0 Å². The lowest BCUT2D eigenvalue weighted by Gasteiger charge is -2.32. The molecule has 2 atom stereocenters. The fourth-order valence-electron chi connectivity index (χ4n) is 3.17. The molecule has 2 heterocycles. The van der Waals surface area contributed by atoms with E-state index in [1.807, 2.05) is 0 Å². The highest BCUT2D eigenvalue weighted by molar-refractivity contribution is 9.10. The average molecular weight is 469 g/mol. The Labute approximate surface area is 166 Å². The number of benzene rings is 1. The summed E-state index contributed by atoms with van der Waals surface area (Å²) in [5.41, 5.74) is 5.09. The zero-order valence-electron chi connectivity index (χ0n) is 14.6. The van der Waals surface area contributed by atoms with Crippen LogP contribution < -0.4 is 5.73 Å². The largest absolute Gasteiger partial charge is 0.434 e. The third kappa shape index (κ3) is 4.70. The van der Waals surface area contributed by atoms with Gasteiger partial charge in [-0.2, -0.15) is 13.2 Å². The first kappa shape index (κ1) is 21.2. The molecule has 0 spiro atoms. The molecule has 2 unspecified atom stereocenters. The van der Waals surface area contributed by atoms with Crippen molar-refractivity contribution < 1.29 is 27.1 Å². The molecule has 1 aromatic heterocycles. The van der Waals surface area contributed by atoms with Gasteiger partial charge in [-0.1, -0.05) is 0 Å². The standard InChI is InChI=1S/C17H18BrF5N4O/c18-11-6-12(19)9(4-13(11)20)3-10(24)5-16(28)27-2-1-26-7-14(17(21,22)23)25-15(26)8-27/h4,6-7,10,16,28H,1-3,5,8,24H2. The van der Waals surface area contributed by atoms with Crippen LogP contribution in [0.2, 0.25) is 0 Å². The van der Waals surface area contributed by atoms with E-state index in [1.54, 1.807) is 4.90 Å². The minimum atomic E-state index is -4.53. The summed E-state index contributed by atoms with van der Waals surface area (Å²) in [5.74, 6) is -1.03. The van der Waals surface area contributed by atoms with Crippen LogP contribution in [0.3, 0.4) is 0 Å². The number of hydrogen-bond acceptors (Lipinski definition) is 4. The third-order valence-corrected chi connectivity index (χ3v) is 5.24. The van der Waals surface area contributed by atoms with Crippen LogP contribution in [-0.4, -0.2) is 38.4 Å². The van der Waals surface area contributed by atoms with E-state index < -0.39 is 35.8 Å². The van der Waals surface area contributed by atoms with Crippen molar-refractivity contribution in [3.8, 4) is 0 Å². The van der Waals surface area contributed by atoms with Crippen LogP contribution in [0, 0.1) is 11.6 Å². The van der Waals surface area contributed by atoms with Gasteiger partial charge in [-0.3, -0.25) is 4.90 Å². The van der Waals surface area contributed by atoms with Gasteiger partial charge >= 0.3 is 6.18 Å². The Hall–Kier alpha value is -1.56. The van der Waals surface area contributed by atoms with Crippen molar-refractivity contribution in [3.05, 3.63) is 51.5 Å². The summed E-state index contributed by atoms with van der Waals surface area (Å²) >= 11 is 2.89. The minimum absolute atomic E-state index is 0.00408. The Morgan fingerprint density at radius 3 is 2.61 bits per heavy atom. The number of aliphatic hydroxyl groups is 1. The third-order valence-electron chi connectivity index (χ3n) is 4.63. The molecule has 1 aromatic carbocycles. The van der Waals surface area contributed by atoms with Crippen LogP contribution in [0.1, 0.15) is 23.5 Å². The minimum Gasteiger partial charge on any atom is -0.378 e. The molecule has 0 radical (unpaired) electrons. The maximum Gasteiger partial charge on any atom is 0.434 e. The van der Waals surface area contributed by atoms with Gasteiger partial charge in [-0.05, 0) is 40.0 Å². The molecule has 28 heavy (non-hydrogen) atoms. The summed E-state index contributed by atoms with van der Waals surface area (Å²) < 4.78 is 67.3. The number of nitrogens with two attached hydrogens (primary N) is 1. The van der Waals surface area contributed by atoms with Crippen LogP contribution in [-0.2, 0) is 25.7 Å². The molecule has 154 valence electrons. The monoisotopic (exact) mass is 468 g/mol. The van der Waals surface area contributed by atoms with Gasteiger partial charge in [0.2, 0.25) is 0 Å². The average Bonchev–Trinajstić information content (AvgIpc) is 3.03. The Bertz CT molecular complexity index is 857. The highest BCUT2D eigenvalue weighted by Crippen LogP contribution is 2.29. The summed E-state index contributed by atoms with van der Waals surface area (Å²) in [7, 11) is 0. The van der Waals surface area contributed by atoms with Crippen molar-refractivity contribution in [2.24, 2.45) is 5.73 Å². The van der Waals surface area contributed by atoms with Crippen LogP contribution >= 0.6 is 15.9 Å². The molecule has 1 aliphatic heterocycles. The van der Waals surface area contributed by atoms with Gasteiger partial charge < -0.3 is 15.4 Å². The Balaban J connectivity index is 1.61. The normalized spacial score (nSPS) is 17.4. The second-order valence-corrected chi connectivity index (χ2v) is 7.60. The zero-order valence-corrected chi connectivity index (χ0v) is 16.1. The number of fused-ring (bicyclic) bond motifs is 1. The van der Waals surface area contributed by atoms with Crippen LogP contribution in [0.15, 0.2) is 22.8 Å². The quantitative estimate of drug-likeness (QED) is 0.522. The topological polar surface area (TPSA) is 67.3 Å². The summed E-state index contributed by atoms with van der Waals surface area (Å²) in [6, 6.07) is 1.39. The number of halogens is 6.